The van der Waals surface area contributed by atoms with Crippen molar-refractivity contribution in [2.75, 3.05) is 26.9 Å². The highest BCUT2D eigenvalue weighted by molar-refractivity contribution is 6.75. The normalized spacial score (nSPS) is 21.7. The van der Waals surface area contributed by atoms with E-state index in [2.05, 4.69) is 122 Å². The molecule has 0 amide bonds. The van der Waals surface area contributed by atoms with E-state index in [1.807, 2.05) is 30.3 Å². The first kappa shape index (κ1) is 47.8. The molecule has 2 rings (SSSR count). The molecule has 306 valence electrons. The van der Waals surface area contributed by atoms with Gasteiger partial charge in [0.1, 0.15) is 17.5 Å². The molecule has 0 aromatic heterocycles. The van der Waals surface area contributed by atoms with Crippen LogP contribution in [0, 0.1) is 17.8 Å². The Morgan fingerprint density at radius 3 is 1.77 bits per heavy atom. The van der Waals surface area contributed by atoms with Crippen molar-refractivity contribution in [1.29, 1.82) is 0 Å². The van der Waals surface area contributed by atoms with Crippen LogP contribution in [0.3, 0.4) is 0 Å². The van der Waals surface area contributed by atoms with E-state index in [1.54, 1.807) is 7.11 Å². The monoisotopic (exact) mass is 795 g/mol. The van der Waals surface area contributed by atoms with Gasteiger partial charge in [-0.3, -0.25) is 4.79 Å². The molecule has 1 aromatic rings. The van der Waals surface area contributed by atoms with Gasteiger partial charge >= 0.3 is 5.97 Å². The number of hydrogen-bond acceptors (Lipinski definition) is 8. The van der Waals surface area contributed by atoms with Crippen LogP contribution in [-0.2, 0) is 38.9 Å². The van der Waals surface area contributed by atoms with E-state index < -0.39 is 42.8 Å². The molecule has 7 atom stereocenters. The number of esters is 1. The van der Waals surface area contributed by atoms with Gasteiger partial charge < -0.3 is 32.2 Å². The molecule has 0 unspecified atom stereocenters. The Morgan fingerprint density at radius 2 is 1.34 bits per heavy atom. The largest absolute Gasteiger partial charge is 0.497 e. The summed E-state index contributed by atoms with van der Waals surface area (Å²) in [7, 11) is -5.14. The Kier molecular flexibility index (Phi) is 16.1. The average Bonchev–Trinajstić information content (AvgIpc) is 3.71. The predicted octanol–water partition coefficient (Wildman–Crippen LogP) is 10.8. The molecule has 0 N–H and O–H groups in total. The van der Waals surface area contributed by atoms with Crippen molar-refractivity contribution in [3.63, 3.8) is 0 Å². The third-order valence-corrected chi connectivity index (χ3v) is 26.2. The first-order valence-corrected chi connectivity index (χ1v) is 28.3. The molecule has 1 heterocycles. The topological polar surface area (TPSA) is 85.0 Å². The summed E-state index contributed by atoms with van der Waals surface area (Å²) in [6.07, 6.45) is 0.707. The van der Waals surface area contributed by atoms with E-state index in [0.29, 0.717) is 26.4 Å². The van der Waals surface area contributed by atoms with Crippen molar-refractivity contribution < 1.29 is 37.0 Å². The van der Waals surface area contributed by atoms with Crippen LogP contribution in [0.25, 0.3) is 0 Å². The summed E-state index contributed by atoms with van der Waals surface area (Å²) in [6, 6.07) is 7.95. The van der Waals surface area contributed by atoms with Crippen LogP contribution in [0.2, 0.25) is 54.4 Å². The molecule has 0 bridgehead atoms. The van der Waals surface area contributed by atoms with Crippen molar-refractivity contribution in [1.82, 2.24) is 0 Å². The lowest BCUT2D eigenvalue weighted by atomic mass is 9.80. The van der Waals surface area contributed by atoms with Gasteiger partial charge in [-0.25, -0.2) is 0 Å². The molecule has 1 fully saturated rings. The van der Waals surface area contributed by atoms with Crippen molar-refractivity contribution in [3.05, 3.63) is 42.5 Å². The summed E-state index contributed by atoms with van der Waals surface area (Å²) >= 11 is 0. The first-order valence-electron chi connectivity index (χ1n) is 19.6. The molecule has 8 nitrogen and oxygen atoms in total. The standard InChI is InChI=1S/C42H78O8Si3/c1-21-33(28-46-51(15,16)39(4,5)6)36(48-31(3)43)35(29-47-52(17,18)40(7,8)9)38(50-53(19,20)41(10,11)12)42(13)37(49-42)30(2)26-45-27-32-22-24-34(44-14)25-23-32/h21-25,30,33,35-38H,1,26-29H2,2-20H3/t30-,33-,35-,36+,37+,38-,42-/m0/s1. The summed E-state index contributed by atoms with van der Waals surface area (Å²) in [5, 5.41) is -0.0848. The van der Waals surface area contributed by atoms with Crippen LogP contribution in [-0.4, -0.2) is 81.8 Å². The van der Waals surface area contributed by atoms with E-state index >= 15 is 0 Å². The molecule has 1 aliphatic heterocycles. The van der Waals surface area contributed by atoms with E-state index in [0.717, 1.165) is 11.3 Å². The lowest BCUT2D eigenvalue weighted by molar-refractivity contribution is -0.158. The second-order valence-electron chi connectivity index (χ2n) is 20.1. The maximum absolute atomic E-state index is 13.1. The average molecular weight is 795 g/mol. The van der Waals surface area contributed by atoms with Crippen molar-refractivity contribution >= 4 is 30.9 Å². The van der Waals surface area contributed by atoms with Crippen molar-refractivity contribution in [3.8, 4) is 5.75 Å². The first-order chi connectivity index (χ1) is 23.9. The van der Waals surface area contributed by atoms with E-state index in [-0.39, 0.29) is 44.9 Å². The number of hydrogen-bond donors (Lipinski definition) is 0. The number of carbonyl (C=O) groups excluding carboxylic acids is 1. The van der Waals surface area contributed by atoms with Gasteiger partial charge in [0.25, 0.3) is 0 Å². The molecule has 0 aliphatic carbocycles. The van der Waals surface area contributed by atoms with Gasteiger partial charge in [-0.05, 0) is 79.0 Å². The van der Waals surface area contributed by atoms with Gasteiger partial charge in [-0.2, -0.15) is 0 Å². The summed E-state index contributed by atoms with van der Waals surface area (Å²) in [6.45, 7) is 45.6. The Morgan fingerprint density at radius 1 is 0.849 bits per heavy atom. The molecular formula is C42H78O8Si3. The highest BCUT2D eigenvalue weighted by Gasteiger charge is 2.65. The second-order valence-corrected chi connectivity index (χ2v) is 34.5. The number of carbonyl (C=O) groups is 1. The molecule has 1 saturated heterocycles. The number of methoxy groups -OCH3 is 1. The zero-order valence-electron chi connectivity index (χ0n) is 37.2. The van der Waals surface area contributed by atoms with Gasteiger partial charge in [0, 0.05) is 37.9 Å². The van der Waals surface area contributed by atoms with E-state index in [9.17, 15) is 4.79 Å². The van der Waals surface area contributed by atoms with Crippen LogP contribution in [0.1, 0.15) is 88.6 Å². The molecule has 0 radical (unpaired) electrons. The molecule has 53 heavy (non-hydrogen) atoms. The lowest BCUT2D eigenvalue weighted by Crippen LogP contribution is -2.57. The summed E-state index contributed by atoms with van der Waals surface area (Å²) in [5.74, 6) is -0.110. The highest BCUT2D eigenvalue weighted by atomic mass is 28.4. The third kappa shape index (κ3) is 12.6. The Labute approximate surface area is 327 Å². The molecule has 0 spiro atoms. The third-order valence-electron chi connectivity index (χ3n) is 12.7. The minimum Gasteiger partial charge on any atom is -0.497 e. The Bertz CT molecular complexity index is 1330. The zero-order chi connectivity index (χ0) is 41.0. The van der Waals surface area contributed by atoms with E-state index in [4.69, 9.17) is 32.2 Å². The Balaban J connectivity index is 2.64. The van der Waals surface area contributed by atoms with Crippen LogP contribution >= 0.6 is 0 Å². The smallest absolute Gasteiger partial charge is 0.302 e. The Hall–Kier alpha value is -1.32. The molecule has 11 heteroatoms. The van der Waals surface area contributed by atoms with E-state index in [1.165, 1.54) is 6.92 Å². The van der Waals surface area contributed by atoms with Gasteiger partial charge in [-0.1, -0.05) is 87.4 Å². The SMILES string of the molecule is C=C[C@@H](CO[Si](C)(C)C(C)(C)C)[C@@H](OC(C)=O)[C@H](CO[Si](C)(C)C(C)(C)C)[C@H](O[Si](C)(C)C(C)(C)C)[C@@]1(C)O[C@@H]1[C@@H](C)COCc1ccc(OC)cc1. The number of epoxide rings is 1. The van der Waals surface area contributed by atoms with Crippen molar-refractivity contribution in [2.45, 2.75) is 168 Å². The molecule has 1 aliphatic rings. The van der Waals surface area contributed by atoms with Gasteiger partial charge in [0.05, 0.1) is 32.5 Å². The van der Waals surface area contributed by atoms with Gasteiger partial charge in [-0.15, -0.1) is 6.58 Å². The van der Waals surface area contributed by atoms with Gasteiger partial charge in [0.15, 0.2) is 25.0 Å². The summed E-state index contributed by atoms with van der Waals surface area (Å²) in [5.41, 5.74) is 0.406. The lowest BCUT2D eigenvalue weighted by Gasteiger charge is -2.47. The second kappa shape index (κ2) is 17.9. The highest BCUT2D eigenvalue weighted by Crippen LogP contribution is 2.52. The molecule has 1 aromatic carbocycles. The maximum Gasteiger partial charge on any atom is 0.302 e. The van der Waals surface area contributed by atoms with Crippen LogP contribution in [0.15, 0.2) is 36.9 Å². The summed E-state index contributed by atoms with van der Waals surface area (Å²) < 4.78 is 46.2. The molecule has 0 saturated carbocycles. The zero-order valence-corrected chi connectivity index (χ0v) is 40.2. The maximum atomic E-state index is 13.1. The fourth-order valence-electron chi connectivity index (χ4n) is 5.82. The number of rotatable bonds is 20. The molecular weight excluding hydrogens is 717 g/mol. The van der Waals surface area contributed by atoms with Crippen LogP contribution < -0.4 is 4.74 Å². The minimum atomic E-state index is -2.41. The van der Waals surface area contributed by atoms with Crippen LogP contribution in [0.4, 0.5) is 0 Å². The summed E-state index contributed by atoms with van der Waals surface area (Å²) in [4.78, 5) is 13.1. The van der Waals surface area contributed by atoms with Crippen molar-refractivity contribution in [2.24, 2.45) is 17.8 Å². The quantitative estimate of drug-likeness (QED) is 0.0558. The fraction of sp³-hybridized carbons (Fsp3) is 0.786. The van der Waals surface area contributed by atoms with Gasteiger partial charge in [0.2, 0.25) is 0 Å². The number of benzene rings is 1. The number of ether oxygens (including phenoxy) is 4. The van der Waals surface area contributed by atoms with Crippen LogP contribution in [0.5, 0.6) is 5.75 Å². The minimum absolute atomic E-state index is 0.0165. The fourth-order valence-corrected chi connectivity index (χ4v) is 9.30. The predicted molar refractivity (Wildman–Crippen MR) is 226 cm³/mol.